The topological polar surface area (TPSA) is 29.5 Å². The first-order valence-electron chi connectivity index (χ1n) is 6.86. The Morgan fingerprint density at radius 3 is 2.89 bits per heavy atom. The summed E-state index contributed by atoms with van der Waals surface area (Å²) in [5.41, 5.74) is 0.726. The molecule has 1 aromatic carbocycles. The van der Waals surface area contributed by atoms with Crippen LogP contribution in [-0.4, -0.2) is 30.0 Å². The third kappa shape index (κ3) is 3.30. The van der Waals surface area contributed by atoms with Gasteiger partial charge in [0.2, 0.25) is 0 Å². The maximum Gasteiger partial charge on any atom is 0.254 e. The Morgan fingerprint density at radius 2 is 2.26 bits per heavy atom. The van der Waals surface area contributed by atoms with Crippen LogP contribution in [0.2, 0.25) is 0 Å². The predicted octanol–water partition coefficient (Wildman–Crippen LogP) is 3.86. The molecule has 1 aliphatic heterocycles. The van der Waals surface area contributed by atoms with Gasteiger partial charge < -0.3 is 9.64 Å². The zero-order chi connectivity index (χ0) is 13.8. The van der Waals surface area contributed by atoms with Gasteiger partial charge in [-0.05, 0) is 67.2 Å². The number of piperidine rings is 1. The molecule has 1 aliphatic rings. The number of hydrogen-bond donors (Lipinski definition) is 0. The second kappa shape index (κ2) is 6.42. The van der Waals surface area contributed by atoms with Crippen molar-refractivity contribution in [1.29, 1.82) is 0 Å². The van der Waals surface area contributed by atoms with E-state index in [2.05, 4.69) is 22.9 Å². The maximum atomic E-state index is 12.5. The molecule has 1 atom stereocenters. The molecule has 104 valence electrons. The molecule has 3 nitrogen and oxygen atoms in total. The van der Waals surface area contributed by atoms with E-state index in [1.165, 1.54) is 6.42 Å². The smallest absolute Gasteiger partial charge is 0.254 e. The molecule has 0 unspecified atom stereocenters. The van der Waals surface area contributed by atoms with Gasteiger partial charge in [0.05, 0.1) is 11.1 Å². The molecule has 1 heterocycles. The van der Waals surface area contributed by atoms with Gasteiger partial charge in [-0.3, -0.25) is 4.79 Å². The number of hydrogen-bond acceptors (Lipinski definition) is 2. The van der Waals surface area contributed by atoms with E-state index in [1.54, 1.807) is 0 Å². The summed E-state index contributed by atoms with van der Waals surface area (Å²) < 4.78 is 6.30. The Labute approximate surface area is 123 Å². The van der Waals surface area contributed by atoms with Crippen molar-refractivity contribution in [2.45, 2.75) is 39.2 Å². The van der Waals surface area contributed by atoms with Crippen LogP contribution in [0.5, 0.6) is 5.75 Å². The lowest BCUT2D eigenvalue weighted by Crippen LogP contribution is -2.42. The zero-order valence-corrected chi connectivity index (χ0v) is 13.1. The minimum absolute atomic E-state index is 0.121. The number of rotatable bonds is 3. The average molecular weight is 326 g/mol. The normalized spacial score (nSPS) is 19.3. The molecule has 1 fully saturated rings. The van der Waals surface area contributed by atoms with Crippen LogP contribution in [0.15, 0.2) is 22.7 Å². The van der Waals surface area contributed by atoms with E-state index in [9.17, 15) is 4.79 Å². The van der Waals surface area contributed by atoms with Crippen molar-refractivity contribution in [3.05, 3.63) is 28.2 Å². The van der Waals surface area contributed by atoms with Gasteiger partial charge in [-0.1, -0.05) is 0 Å². The minimum Gasteiger partial charge on any atom is -0.493 e. The van der Waals surface area contributed by atoms with Crippen LogP contribution >= 0.6 is 15.9 Å². The Hall–Kier alpha value is -1.03. The number of ether oxygens (including phenoxy) is 1. The van der Waals surface area contributed by atoms with Crippen molar-refractivity contribution >= 4 is 21.8 Å². The third-order valence-electron chi connectivity index (χ3n) is 3.54. The quantitative estimate of drug-likeness (QED) is 0.844. The molecule has 2 rings (SSSR count). The molecule has 1 saturated heterocycles. The van der Waals surface area contributed by atoms with Crippen molar-refractivity contribution in [1.82, 2.24) is 4.90 Å². The molecule has 19 heavy (non-hydrogen) atoms. The molecule has 1 amide bonds. The fraction of sp³-hybridized carbons (Fsp3) is 0.533. The van der Waals surface area contributed by atoms with Gasteiger partial charge in [-0.2, -0.15) is 0 Å². The van der Waals surface area contributed by atoms with Crippen molar-refractivity contribution < 1.29 is 9.53 Å². The molecule has 0 aliphatic carbocycles. The summed E-state index contributed by atoms with van der Waals surface area (Å²) in [6.45, 7) is 5.56. The van der Waals surface area contributed by atoms with E-state index in [-0.39, 0.29) is 5.91 Å². The van der Waals surface area contributed by atoms with Gasteiger partial charge >= 0.3 is 0 Å². The van der Waals surface area contributed by atoms with Crippen LogP contribution in [0, 0.1) is 0 Å². The highest BCUT2D eigenvalue weighted by molar-refractivity contribution is 9.10. The lowest BCUT2D eigenvalue weighted by Gasteiger charge is -2.33. The van der Waals surface area contributed by atoms with E-state index >= 15 is 0 Å². The standard InChI is InChI=1S/C15H20BrNO2/c1-3-19-14-8-7-12(10-13(14)16)15(18)17-9-5-4-6-11(17)2/h7-8,10-11H,3-6,9H2,1-2H3/t11-/m0/s1. The number of halogens is 1. The summed E-state index contributed by atoms with van der Waals surface area (Å²) in [5, 5.41) is 0. The van der Waals surface area contributed by atoms with Crippen LogP contribution in [-0.2, 0) is 0 Å². The predicted molar refractivity (Wildman–Crippen MR) is 79.7 cm³/mol. The Balaban J connectivity index is 2.17. The number of carbonyl (C=O) groups is 1. The van der Waals surface area contributed by atoms with Crippen molar-refractivity contribution in [2.24, 2.45) is 0 Å². The first-order valence-corrected chi connectivity index (χ1v) is 7.66. The molecule has 1 aromatic rings. The van der Waals surface area contributed by atoms with Gasteiger partial charge in [0.1, 0.15) is 5.75 Å². The molecule has 0 bridgehead atoms. The van der Waals surface area contributed by atoms with Gasteiger partial charge in [-0.15, -0.1) is 0 Å². The summed E-state index contributed by atoms with van der Waals surface area (Å²) in [4.78, 5) is 14.5. The van der Waals surface area contributed by atoms with Gasteiger partial charge in [0.25, 0.3) is 5.91 Å². The third-order valence-corrected chi connectivity index (χ3v) is 4.16. The first kappa shape index (κ1) is 14.4. The molecule has 0 N–H and O–H groups in total. The van der Waals surface area contributed by atoms with E-state index in [0.717, 1.165) is 35.2 Å². The van der Waals surface area contributed by atoms with Gasteiger partial charge in [0.15, 0.2) is 0 Å². The van der Waals surface area contributed by atoms with E-state index < -0.39 is 0 Å². The van der Waals surface area contributed by atoms with E-state index in [1.807, 2.05) is 30.0 Å². The molecule has 0 aromatic heterocycles. The van der Waals surface area contributed by atoms with Crippen LogP contribution in [0.3, 0.4) is 0 Å². The summed E-state index contributed by atoms with van der Waals surface area (Å²) in [7, 11) is 0. The Kier molecular flexibility index (Phi) is 4.86. The number of nitrogens with zero attached hydrogens (tertiary/aromatic N) is 1. The first-order chi connectivity index (χ1) is 9.13. The number of benzene rings is 1. The average Bonchev–Trinajstić information content (AvgIpc) is 2.41. The number of carbonyl (C=O) groups excluding carboxylic acids is 1. The molecule has 0 spiro atoms. The summed E-state index contributed by atoms with van der Waals surface area (Å²) in [6, 6.07) is 5.90. The highest BCUT2D eigenvalue weighted by atomic mass is 79.9. The van der Waals surface area contributed by atoms with E-state index in [4.69, 9.17) is 4.74 Å². The summed E-state index contributed by atoms with van der Waals surface area (Å²) in [5.74, 6) is 0.904. The SMILES string of the molecule is CCOc1ccc(C(=O)N2CCCC[C@@H]2C)cc1Br. The highest BCUT2D eigenvalue weighted by Crippen LogP contribution is 2.27. The fourth-order valence-corrected chi connectivity index (χ4v) is 2.97. The van der Waals surface area contributed by atoms with Gasteiger partial charge in [0, 0.05) is 18.2 Å². The molecular formula is C15H20BrNO2. The lowest BCUT2D eigenvalue weighted by molar-refractivity contribution is 0.0635. The zero-order valence-electron chi connectivity index (χ0n) is 11.5. The van der Waals surface area contributed by atoms with E-state index in [0.29, 0.717) is 12.6 Å². The molecule has 0 saturated carbocycles. The monoisotopic (exact) mass is 325 g/mol. The largest absolute Gasteiger partial charge is 0.493 e. The fourth-order valence-electron chi connectivity index (χ4n) is 2.47. The number of likely N-dealkylation sites (tertiary alicyclic amines) is 1. The minimum atomic E-state index is 0.121. The second-order valence-electron chi connectivity index (χ2n) is 4.92. The Morgan fingerprint density at radius 1 is 1.47 bits per heavy atom. The molecule has 4 heteroatoms. The van der Waals surface area contributed by atoms with Crippen molar-refractivity contribution in [2.75, 3.05) is 13.2 Å². The lowest BCUT2D eigenvalue weighted by atomic mass is 10.0. The van der Waals surface area contributed by atoms with Crippen molar-refractivity contribution in [3.8, 4) is 5.75 Å². The molecule has 0 radical (unpaired) electrons. The molecular weight excluding hydrogens is 306 g/mol. The van der Waals surface area contributed by atoms with Crippen LogP contribution < -0.4 is 4.74 Å². The number of amides is 1. The Bertz CT molecular complexity index is 461. The highest BCUT2D eigenvalue weighted by Gasteiger charge is 2.24. The van der Waals surface area contributed by atoms with Gasteiger partial charge in [-0.25, -0.2) is 0 Å². The second-order valence-corrected chi connectivity index (χ2v) is 5.78. The van der Waals surface area contributed by atoms with Crippen LogP contribution in [0.1, 0.15) is 43.5 Å². The van der Waals surface area contributed by atoms with Crippen LogP contribution in [0.25, 0.3) is 0 Å². The van der Waals surface area contributed by atoms with Crippen molar-refractivity contribution in [3.63, 3.8) is 0 Å². The maximum absolute atomic E-state index is 12.5. The van der Waals surface area contributed by atoms with Crippen LogP contribution in [0.4, 0.5) is 0 Å². The summed E-state index contributed by atoms with van der Waals surface area (Å²) in [6.07, 6.45) is 3.43. The summed E-state index contributed by atoms with van der Waals surface area (Å²) >= 11 is 3.46.